The molecule has 0 spiro atoms. The largest absolute Gasteiger partial charge is 0.397 e. The fourth-order valence-corrected chi connectivity index (χ4v) is 2.19. The third-order valence-electron chi connectivity index (χ3n) is 2.21. The minimum atomic E-state index is -4.19. The van der Waals surface area contributed by atoms with Gasteiger partial charge in [-0.05, 0) is 6.92 Å². The summed E-state index contributed by atoms with van der Waals surface area (Å²) in [5.74, 6) is -1.25. The summed E-state index contributed by atoms with van der Waals surface area (Å²) >= 11 is 0.627. The smallest absolute Gasteiger partial charge is 0.339 e. The monoisotopic (exact) mass is 292 g/mol. The van der Waals surface area contributed by atoms with E-state index in [0.717, 1.165) is 0 Å². The summed E-state index contributed by atoms with van der Waals surface area (Å²) in [7, 11) is 0. The van der Waals surface area contributed by atoms with Crippen LogP contribution in [0, 0.1) is 0 Å². The zero-order valence-electron chi connectivity index (χ0n) is 9.42. The van der Waals surface area contributed by atoms with Gasteiger partial charge in [-0.1, -0.05) is 0 Å². The minimum Gasteiger partial charge on any atom is -0.339 e. The van der Waals surface area contributed by atoms with Crippen LogP contribution in [-0.4, -0.2) is 54.2 Å². The van der Waals surface area contributed by atoms with E-state index in [2.05, 4.69) is 5.32 Å². The third-order valence-corrected chi connectivity index (χ3v) is 3.20. The van der Waals surface area contributed by atoms with Crippen molar-refractivity contribution in [3.8, 4) is 0 Å². The fourth-order valence-electron chi connectivity index (χ4n) is 1.50. The first-order valence-electron chi connectivity index (χ1n) is 5.04. The molecule has 17 heavy (non-hydrogen) atoms. The second-order valence-electron chi connectivity index (χ2n) is 3.80. The molecule has 1 fully saturated rings. The second kappa shape index (κ2) is 7.33. The van der Waals surface area contributed by atoms with E-state index in [1.807, 2.05) is 6.92 Å². The molecular weight excluding hydrogens is 277 g/mol. The second-order valence-corrected chi connectivity index (χ2v) is 4.79. The molecule has 0 aromatic heterocycles. The summed E-state index contributed by atoms with van der Waals surface area (Å²) in [5.41, 5.74) is 0. The SMILES string of the molecule is C[C@@H]1CN(C(=O)CSCC(F)(F)F)CCN1.Cl. The van der Waals surface area contributed by atoms with Gasteiger partial charge in [0.05, 0.1) is 11.5 Å². The molecule has 8 heteroatoms. The van der Waals surface area contributed by atoms with E-state index in [9.17, 15) is 18.0 Å². The Hall–Kier alpha value is -0.140. The lowest BCUT2D eigenvalue weighted by Crippen LogP contribution is -2.51. The van der Waals surface area contributed by atoms with E-state index in [1.165, 1.54) is 0 Å². The van der Waals surface area contributed by atoms with Gasteiger partial charge in [0.2, 0.25) is 5.91 Å². The van der Waals surface area contributed by atoms with Gasteiger partial charge in [0.1, 0.15) is 0 Å². The van der Waals surface area contributed by atoms with Crippen molar-refractivity contribution in [2.45, 2.75) is 19.1 Å². The Bertz CT molecular complexity index is 253. The summed E-state index contributed by atoms with van der Waals surface area (Å²) in [6.07, 6.45) is -4.19. The fraction of sp³-hybridized carbons (Fsp3) is 0.889. The highest BCUT2D eigenvalue weighted by Gasteiger charge is 2.28. The molecule has 1 aliphatic rings. The van der Waals surface area contributed by atoms with Crippen molar-refractivity contribution in [2.24, 2.45) is 0 Å². The van der Waals surface area contributed by atoms with Gasteiger partial charge in [-0.15, -0.1) is 24.2 Å². The lowest BCUT2D eigenvalue weighted by atomic mass is 10.2. The van der Waals surface area contributed by atoms with Gasteiger partial charge < -0.3 is 10.2 Å². The van der Waals surface area contributed by atoms with E-state index in [1.54, 1.807) is 4.90 Å². The number of hydrogen-bond acceptors (Lipinski definition) is 3. The zero-order chi connectivity index (χ0) is 12.2. The molecule has 0 saturated carbocycles. The van der Waals surface area contributed by atoms with Gasteiger partial charge in [0.15, 0.2) is 0 Å². The lowest BCUT2D eigenvalue weighted by Gasteiger charge is -2.31. The van der Waals surface area contributed by atoms with Crippen LogP contribution >= 0.6 is 24.2 Å². The number of rotatable bonds is 3. The molecule has 1 aliphatic heterocycles. The highest BCUT2D eigenvalue weighted by atomic mass is 35.5. The Morgan fingerprint density at radius 2 is 2.18 bits per heavy atom. The third kappa shape index (κ3) is 7.00. The average Bonchev–Trinajstić information content (AvgIpc) is 2.15. The van der Waals surface area contributed by atoms with Crippen LogP contribution in [0.4, 0.5) is 13.2 Å². The van der Waals surface area contributed by atoms with Gasteiger partial charge in [-0.2, -0.15) is 13.2 Å². The van der Waals surface area contributed by atoms with Gasteiger partial charge in [-0.3, -0.25) is 4.79 Å². The van der Waals surface area contributed by atoms with Crippen molar-refractivity contribution < 1.29 is 18.0 Å². The molecule has 102 valence electrons. The van der Waals surface area contributed by atoms with Crippen molar-refractivity contribution in [3.63, 3.8) is 0 Å². The Kier molecular flexibility index (Phi) is 7.27. The number of alkyl halides is 3. The van der Waals surface area contributed by atoms with Gasteiger partial charge >= 0.3 is 6.18 Å². The predicted molar refractivity (Wildman–Crippen MR) is 64.7 cm³/mol. The van der Waals surface area contributed by atoms with Crippen molar-refractivity contribution in [1.29, 1.82) is 0 Å². The molecule has 3 nitrogen and oxygen atoms in total. The summed E-state index contributed by atoms with van der Waals surface area (Å²) in [5, 5.41) is 3.17. The molecule has 0 aliphatic carbocycles. The Balaban J connectivity index is 0.00000256. The predicted octanol–water partition coefficient (Wildman–Crippen LogP) is 1.52. The van der Waals surface area contributed by atoms with Crippen molar-refractivity contribution >= 4 is 30.1 Å². The highest BCUT2D eigenvalue weighted by molar-refractivity contribution is 8.00. The first-order chi connectivity index (χ1) is 7.38. The van der Waals surface area contributed by atoms with Crippen molar-refractivity contribution in [2.75, 3.05) is 31.1 Å². The Morgan fingerprint density at radius 1 is 1.53 bits per heavy atom. The van der Waals surface area contributed by atoms with E-state index >= 15 is 0 Å². The number of piperazine rings is 1. The molecule has 1 heterocycles. The maximum atomic E-state index is 11.9. The van der Waals surface area contributed by atoms with Crippen LogP contribution in [0.5, 0.6) is 0 Å². The number of halogens is 4. The molecule has 1 amide bonds. The van der Waals surface area contributed by atoms with Crippen molar-refractivity contribution in [3.05, 3.63) is 0 Å². The molecule has 0 unspecified atom stereocenters. The molecule has 0 bridgehead atoms. The van der Waals surface area contributed by atoms with Gasteiger partial charge in [0, 0.05) is 25.7 Å². The Morgan fingerprint density at radius 3 is 2.71 bits per heavy atom. The highest BCUT2D eigenvalue weighted by Crippen LogP contribution is 2.21. The molecule has 1 rings (SSSR count). The number of thioether (sulfide) groups is 1. The minimum absolute atomic E-state index is 0. The van der Waals surface area contributed by atoms with E-state index in [0.29, 0.717) is 31.4 Å². The zero-order valence-corrected chi connectivity index (χ0v) is 11.1. The summed E-state index contributed by atoms with van der Waals surface area (Å²) < 4.78 is 35.6. The number of nitrogens with one attached hydrogen (secondary N) is 1. The van der Waals surface area contributed by atoms with Crippen LogP contribution in [0.3, 0.4) is 0 Å². The lowest BCUT2D eigenvalue weighted by molar-refractivity contribution is -0.129. The normalized spacial score (nSPS) is 20.9. The van der Waals surface area contributed by atoms with Crippen LogP contribution in [0.2, 0.25) is 0 Å². The van der Waals surface area contributed by atoms with Crippen LogP contribution in [0.25, 0.3) is 0 Å². The van der Waals surface area contributed by atoms with E-state index < -0.39 is 11.9 Å². The van der Waals surface area contributed by atoms with E-state index in [-0.39, 0.29) is 30.1 Å². The van der Waals surface area contributed by atoms with Gasteiger partial charge in [0.25, 0.3) is 0 Å². The summed E-state index contributed by atoms with van der Waals surface area (Å²) in [4.78, 5) is 13.2. The summed E-state index contributed by atoms with van der Waals surface area (Å²) in [6, 6.07) is 0.213. The Labute approximate surface area is 109 Å². The maximum absolute atomic E-state index is 11.9. The van der Waals surface area contributed by atoms with Crippen LogP contribution in [0.15, 0.2) is 0 Å². The number of carbonyl (C=O) groups excluding carboxylic acids is 1. The molecule has 0 aromatic carbocycles. The quantitative estimate of drug-likeness (QED) is 0.856. The van der Waals surface area contributed by atoms with Crippen molar-refractivity contribution in [1.82, 2.24) is 10.2 Å². The van der Waals surface area contributed by atoms with Crippen LogP contribution in [0.1, 0.15) is 6.92 Å². The van der Waals surface area contributed by atoms with Crippen LogP contribution in [-0.2, 0) is 4.79 Å². The number of carbonyl (C=O) groups is 1. The summed E-state index contributed by atoms with van der Waals surface area (Å²) in [6.45, 7) is 3.81. The molecule has 1 N–H and O–H groups in total. The van der Waals surface area contributed by atoms with Crippen LogP contribution < -0.4 is 5.32 Å². The number of nitrogens with zero attached hydrogens (tertiary/aromatic N) is 1. The maximum Gasteiger partial charge on any atom is 0.397 e. The molecule has 1 atom stereocenters. The molecule has 0 radical (unpaired) electrons. The molecular formula is C9H16ClF3N2OS. The number of hydrogen-bond donors (Lipinski definition) is 1. The molecule has 1 saturated heterocycles. The average molecular weight is 293 g/mol. The number of amides is 1. The topological polar surface area (TPSA) is 32.3 Å². The molecule has 0 aromatic rings. The van der Waals surface area contributed by atoms with E-state index in [4.69, 9.17) is 0 Å². The first kappa shape index (κ1) is 16.9. The standard InChI is InChI=1S/C9H15F3N2OS.ClH/c1-7-4-14(3-2-13-7)8(15)5-16-6-9(10,11)12;/h7,13H,2-6H2,1H3;1H/t7-;/m1./s1. The first-order valence-corrected chi connectivity index (χ1v) is 6.19. The van der Waals surface area contributed by atoms with Gasteiger partial charge in [-0.25, -0.2) is 0 Å².